The molecule has 0 radical (unpaired) electrons. The lowest BCUT2D eigenvalue weighted by Gasteiger charge is -2.13. The highest BCUT2D eigenvalue weighted by atomic mass is 32.2. The van der Waals surface area contributed by atoms with E-state index in [1.165, 1.54) is 0 Å². The maximum atomic E-state index is 12.3. The van der Waals surface area contributed by atoms with Crippen LogP contribution in [-0.4, -0.2) is 22.0 Å². The van der Waals surface area contributed by atoms with Crippen LogP contribution in [0, 0.1) is 0 Å². The lowest BCUT2D eigenvalue weighted by molar-refractivity contribution is -0.117. The average molecular weight is 270 g/mol. The Balaban J connectivity index is 3.10. The van der Waals surface area contributed by atoms with Gasteiger partial charge in [0.1, 0.15) is 11.0 Å². The number of hydrogen-bond donors (Lipinski definition) is 2. The van der Waals surface area contributed by atoms with Crippen LogP contribution in [0.4, 0.5) is 5.69 Å². The van der Waals surface area contributed by atoms with E-state index in [0.717, 1.165) is 0 Å². The number of amides is 1. The van der Waals surface area contributed by atoms with Crippen LogP contribution in [0.5, 0.6) is 5.75 Å². The summed E-state index contributed by atoms with van der Waals surface area (Å²) in [5, 5.41) is -0.732. The fraction of sp³-hybridized carbons (Fsp3) is 0.417. The lowest BCUT2D eigenvalue weighted by Crippen LogP contribution is -2.32. The van der Waals surface area contributed by atoms with Crippen LogP contribution in [-0.2, 0) is 15.6 Å². The molecule has 2 unspecified atom stereocenters. The van der Waals surface area contributed by atoms with E-state index in [2.05, 4.69) is 0 Å². The maximum Gasteiger partial charge on any atom is 0.233 e. The first kappa shape index (κ1) is 14.5. The normalized spacial score (nSPS) is 13.9. The van der Waals surface area contributed by atoms with Gasteiger partial charge in [-0.1, -0.05) is 6.92 Å². The number of anilines is 1. The van der Waals surface area contributed by atoms with Crippen molar-refractivity contribution in [2.45, 2.75) is 30.4 Å². The number of nitrogens with two attached hydrogens (primary N) is 2. The van der Waals surface area contributed by atoms with Crippen LogP contribution in [0.2, 0.25) is 0 Å². The molecule has 18 heavy (non-hydrogen) atoms. The van der Waals surface area contributed by atoms with Gasteiger partial charge in [0.15, 0.2) is 0 Å². The van der Waals surface area contributed by atoms with E-state index < -0.39 is 22.0 Å². The van der Waals surface area contributed by atoms with Crippen molar-refractivity contribution in [3.63, 3.8) is 0 Å². The van der Waals surface area contributed by atoms with Crippen molar-refractivity contribution >= 4 is 22.4 Å². The standard InChI is InChI=1S/C12H18N2O3S/c1-3-10(12(14)15)18(16)11-7-8(17-4-2)5-6-9(11)13/h5-7,10H,3-4,13H2,1-2H3,(H2,14,15). The summed E-state index contributed by atoms with van der Waals surface area (Å²) in [4.78, 5) is 11.6. The molecule has 100 valence electrons. The molecule has 1 amide bonds. The van der Waals surface area contributed by atoms with Crippen LogP contribution in [0.15, 0.2) is 23.1 Å². The van der Waals surface area contributed by atoms with Crippen molar-refractivity contribution in [3.8, 4) is 5.75 Å². The molecule has 0 aliphatic carbocycles. The number of rotatable bonds is 6. The quantitative estimate of drug-likeness (QED) is 0.755. The predicted octanol–water partition coefficient (Wildman–Crippen LogP) is 1.04. The first-order valence-corrected chi connectivity index (χ1v) is 6.94. The SMILES string of the molecule is CCOc1ccc(N)c(S(=O)C(CC)C(N)=O)c1. The monoisotopic (exact) mass is 270 g/mol. The minimum absolute atomic E-state index is 0.372. The maximum absolute atomic E-state index is 12.3. The number of nitrogen functional groups attached to an aromatic ring is 1. The molecular formula is C12H18N2O3S. The molecular weight excluding hydrogens is 252 g/mol. The summed E-state index contributed by atoms with van der Waals surface area (Å²) in [5.41, 5.74) is 11.4. The summed E-state index contributed by atoms with van der Waals surface area (Å²) >= 11 is 0. The Labute approximate surface area is 109 Å². The van der Waals surface area contributed by atoms with Gasteiger partial charge in [-0.3, -0.25) is 9.00 Å². The molecule has 6 heteroatoms. The van der Waals surface area contributed by atoms with Crippen molar-refractivity contribution < 1.29 is 13.7 Å². The van der Waals surface area contributed by atoms with E-state index in [1.54, 1.807) is 25.1 Å². The van der Waals surface area contributed by atoms with Gasteiger partial charge in [0, 0.05) is 5.69 Å². The highest BCUT2D eigenvalue weighted by Crippen LogP contribution is 2.25. The minimum atomic E-state index is -1.56. The number of carbonyl (C=O) groups is 1. The van der Waals surface area contributed by atoms with Crippen molar-refractivity contribution in [2.24, 2.45) is 5.73 Å². The second-order valence-electron chi connectivity index (χ2n) is 3.73. The van der Waals surface area contributed by atoms with Crippen LogP contribution in [0.25, 0.3) is 0 Å². The van der Waals surface area contributed by atoms with Gasteiger partial charge in [0.2, 0.25) is 5.91 Å². The molecule has 0 spiro atoms. The first-order chi connectivity index (χ1) is 8.51. The Morgan fingerprint density at radius 1 is 1.44 bits per heavy atom. The highest BCUT2D eigenvalue weighted by molar-refractivity contribution is 7.86. The smallest absolute Gasteiger partial charge is 0.233 e. The molecule has 1 aromatic rings. The third-order valence-electron chi connectivity index (χ3n) is 2.46. The number of hydrogen-bond acceptors (Lipinski definition) is 4. The molecule has 1 aromatic carbocycles. The van der Waals surface area contributed by atoms with Gasteiger partial charge in [-0.15, -0.1) is 0 Å². The molecule has 0 saturated heterocycles. The summed E-state index contributed by atoms with van der Waals surface area (Å²) in [6, 6.07) is 4.91. The molecule has 5 nitrogen and oxygen atoms in total. The van der Waals surface area contributed by atoms with Crippen molar-refractivity contribution in [1.29, 1.82) is 0 Å². The summed E-state index contributed by atoms with van der Waals surface area (Å²) in [5.74, 6) is -0.00794. The second kappa shape index (κ2) is 6.39. The molecule has 2 atom stereocenters. The molecule has 0 aliphatic rings. The van der Waals surface area contributed by atoms with E-state index in [-0.39, 0.29) is 0 Å². The minimum Gasteiger partial charge on any atom is -0.494 e. The Bertz CT molecular complexity index is 463. The van der Waals surface area contributed by atoms with Gasteiger partial charge in [-0.2, -0.15) is 0 Å². The molecule has 0 heterocycles. The number of primary amides is 1. The topological polar surface area (TPSA) is 95.4 Å². The number of ether oxygens (including phenoxy) is 1. The molecule has 0 aliphatic heterocycles. The van der Waals surface area contributed by atoms with Crippen molar-refractivity contribution in [3.05, 3.63) is 18.2 Å². The van der Waals surface area contributed by atoms with E-state index in [9.17, 15) is 9.00 Å². The third kappa shape index (κ3) is 3.22. The molecule has 4 N–H and O–H groups in total. The van der Waals surface area contributed by atoms with Crippen molar-refractivity contribution in [1.82, 2.24) is 0 Å². The van der Waals surface area contributed by atoms with Gasteiger partial charge in [0.25, 0.3) is 0 Å². The number of carbonyl (C=O) groups excluding carboxylic acids is 1. The van der Waals surface area contributed by atoms with Crippen LogP contribution >= 0.6 is 0 Å². The van der Waals surface area contributed by atoms with Crippen LogP contribution < -0.4 is 16.2 Å². The zero-order valence-electron chi connectivity index (χ0n) is 10.5. The van der Waals surface area contributed by atoms with E-state index in [4.69, 9.17) is 16.2 Å². The zero-order valence-corrected chi connectivity index (χ0v) is 11.3. The Morgan fingerprint density at radius 2 is 2.11 bits per heavy atom. The van der Waals surface area contributed by atoms with Gasteiger partial charge >= 0.3 is 0 Å². The molecule has 0 aromatic heterocycles. The second-order valence-corrected chi connectivity index (χ2v) is 5.33. The predicted molar refractivity (Wildman–Crippen MR) is 71.7 cm³/mol. The van der Waals surface area contributed by atoms with Crippen LogP contribution in [0.3, 0.4) is 0 Å². The van der Waals surface area contributed by atoms with Crippen molar-refractivity contribution in [2.75, 3.05) is 12.3 Å². The molecule has 0 bridgehead atoms. The van der Waals surface area contributed by atoms with E-state index in [1.807, 2.05) is 6.92 Å². The third-order valence-corrected chi connectivity index (χ3v) is 4.33. The van der Waals surface area contributed by atoms with Gasteiger partial charge < -0.3 is 16.2 Å². The van der Waals surface area contributed by atoms with Gasteiger partial charge in [0.05, 0.1) is 22.3 Å². The van der Waals surface area contributed by atoms with Crippen LogP contribution in [0.1, 0.15) is 20.3 Å². The first-order valence-electron chi connectivity index (χ1n) is 5.73. The summed E-state index contributed by atoms with van der Waals surface area (Å²) in [6.07, 6.45) is 0.403. The summed E-state index contributed by atoms with van der Waals surface area (Å²) < 4.78 is 17.6. The fourth-order valence-corrected chi connectivity index (χ4v) is 2.91. The summed E-state index contributed by atoms with van der Waals surface area (Å²) in [7, 11) is -1.56. The van der Waals surface area contributed by atoms with Gasteiger partial charge in [-0.05, 0) is 31.5 Å². The molecule has 0 fully saturated rings. The number of benzene rings is 1. The largest absolute Gasteiger partial charge is 0.494 e. The zero-order chi connectivity index (χ0) is 13.7. The summed E-state index contributed by atoms with van der Waals surface area (Å²) in [6.45, 7) is 4.12. The molecule has 0 saturated carbocycles. The Hall–Kier alpha value is -1.56. The lowest BCUT2D eigenvalue weighted by atomic mass is 10.3. The Kier molecular flexibility index (Phi) is 5.15. The van der Waals surface area contributed by atoms with Gasteiger partial charge in [-0.25, -0.2) is 0 Å². The highest BCUT2D eigenvalue weighted by Gasteiger charge is 2.24. The van der Waals surface area contributed by atoms with E-state index in [0.29, 0.717) is 29.4 Å². The van der Waals surface area contributed by atoms with E-state index >= 15 is 0 Å². The average Bonchev–Trinajstić information content (AvgIpc) is 2.32. The fourth-order valence-electron chi connectivity index (χ4n) is 1.56. The molecule has 1 rings (SSSR count). The Morgan fingerprint density at radius 3 is 2.61 bits per heavy atom.